The first-order chi connectivity index (χ1) is 14.0. The summed E-state index contributed by atoms with van der Waals surface area (Å²) >= 11 is 0. The van der Waals surface area contributed by atoms with Crippen molar-refractivity contribution >= 4 is 11.6 Å². The monoisotopic (exact) mass is 396 g/mol. The summed E-state index contributed by atoms with van der Waals surface area (Å²) in [5, 5.41) is 2.92. The molecule has 0 spiro atoms. The van der Waals surface area contributed by atoms with Gasteiger partial charge in [0.1, 0.15) is 5.75 Å². The number of benzene rings is 2. The van der Waals surface area contributed by atoms with Crippen LogP contribution in [0.4, 0.5) is 5.69 Å². The number of hydrogen-bond acceptors (Lipinski definition) is 5. The Balaban J connectivity index is 1.73. The van der Waals surface area contributed by atoms with Crippen molar-refractivity contribution in [1.29, 1.82) is 0 Å². The number of nitrogens with one attached hydrogen (secondary N) is 1. The van der Waals surface area contributed by atoms with Crippen LogP contribution in [0, 0.1) is 0 Å². The number of carbonyl (C=O) groups excluding carboxylic acids is 1. The summed E-state index contributed by atoms with van der Waals surface area (Å²) in [4.78, 5) is 14.2. The molecule has 1 amide bonds. The average molecular weight is 396 g/mol. The third-order valence-corrected chi connectivity index (χ3v) is 6.03. The molecule has 154 valence electrons. The molecule has 2 aromatic rings. The van der Waals surface area contributed by atoms with E-state index in [1.807, 2.05) is 6.07 Å². The van der Waals surface area contributed by atoms with E-state index in [0.717, 1.165) is 55.3 Å². The molecule has 2 heterocycles. The van der Waals surface area contributed by atoms with E-state index in [0.29, 0.717) is 6.04 Å². The number of hydrogen-bond donors (Lipinski definition) is 1. The maximum atomic E-state index is 11.7. The summed E-state index contributed by atoms with van der Waals surface area (Å²) < 4.78 is 16.8. The molecule has 0 aliphatic carbocycles. The van der Waals surface area contributed by atoms with Crippen molar-refractivity contribution in [2.24, 2.45) is 0 Å². The second-order valence-electron chi connectivity index (χ2n) is 7.65. The molecule has 2 aliphatic rings. The highest BCUT2D eigenvalue weighted by Crippen LogP contribution is 2.44. The normalized spacial score (nSPS) is 18.0. The molecule has 6 nitrogen and oxygen atoms in total. The van der Waals surface area contributed by atoms with Crippen molar-refractivity contribution in [2.75, 3.05) is 33.2 Å². The largest absolute Gasteiger partial charge is 0.495 e. The highest BCUT2D eigenvalue weighted by atomic mass is 16.5. The molecule has 0 radical (unpaired) electrons. The second kappa shape index (κ2) is 7.95. The average Bonchev–Trinajstić information content (AvgIpc) is 2.91. The van der Waals surface area contributed by atoms with Gasteiger partial charge in [-0.2, -0.15) is 0 Å². The highest BCUT2D eigenvalue weighted by molar-refractivity contribution is 5.90. The van der Waals surface area contributed by atoms with E-state index in [-0.39, 0.29) is 5.91 Å². The quantitative estimate of drug-likeness (QED) is 0.854. The van der Waals surface area contributed by atoms with Crippen LogP contribution >= 0.6 is 0 Å². The number of anilines is 1. The van der Waals surface area contributed by atoms with Crippen LogP contribution in [-0.2, 0) is 24.2 Å². The van der Waals surface area contributed by atoms with E-state index < -0.39 is 0 Å². The van der Waals surface area contributed by atoms with Gasteiger partial charge in [0, 0.05) is 31.6 Å². The smallest absolute Gasteiger partial charge is 0.221 e. The fraction of sp³-hybridized carbons (Fsp3) is 0.435. The Bertz CT molecular complexity index is 941. The Hall–Kier alpha value is -2.73. The lowest BCUT2D eigenvalue weighted by Gasteiger charge is -2.37. The lowest BCUT2D eigenvalue weighted by atomic mass is 9.89. The standard InChI is InChI=1S/C23H28N2O4/c1-14(26)24-19-12-17-16(11-22(19)28-3)9-10-25-13-18-15(5-7-20(17)25)6-8-21(27-2)23(18)29-4/h6,8,11-12,20H,5,7,9-10,13H2,1-4H3,(H,24,26)/t20-/m0/s1. The second-order valence-corrected chi connectivity index (χ2v) is 7.65. The highest BCUT2D eigenvalue weighted by Gasteiger charge is 2.33. The van der Waals surface area contributed by atoms with Crippen LogP contribution in [0.2, 0.25) is 0 Å². The number of amides is 1. The molecule has 2 aliphatic heterocycles. The molecule has 1 N–H and O–H groups in total. The van der Waals surface area contributed by atoms with Crippen LogP contribution in [0.3, 0.4) is 0 Å². The van der Waals surface area contributed by atoms with Gasteiger partial charge in [-0.15, -0.1) is 0 Å². The number of ether oxygens (including phenoxy) is 3. The SMILES string of the molecule is COc1cc2c(cc1NC(C)=O)[C@@H]1CCc3ccc(OC)c(OC)c3CN1CC2. The summed E-state index contributed by atoms with van der Waals surface area (Å²) in [5.41, 5.74) is 5.84. The Kier molecular flexibility index (Phi) is 5.37. The Morgan fingerprint density at radius 1 is 1.03 bits per heavy atom. The van der Waals surface area contributed by atoms with Crippen molar-refractivity contribution in [3.8, 4) is 17.2 Å². The van der Waals surface area contributed by atoms with Crippen molar-refractivity contribution < 1.29 is 19.0 Å². The number of carbonyl (C=O) groups is 1. The van der Waals surface area contributed by atoms with Gasteiger partial charge in [0.25, 0.3) is 0 Å². The molecule has 0 aromatic heterocycles. The minimum absolute atomic E-state index is 0.0963. The molecule has 0 unspecified atom stereocenters. The predicted octanol–water partition coefficient (Wildman–Crippen LogP) is 3.72. The van der Waals surface area contributed by atoms with Crippen LogP contribution in [0.1, 0.15) is 41.6 Å². The minimum Gasteiger partial charge on any atom is -0.495 e. The summed E-state index contributed by atoms with van der Waals surface area (Å²) in [6, 6.07) is 8.63. The van der Waals surface area contributed by atoms with Gasteiger partial charge in [-0.3, -0.25) is 9.69 Å². The molecule has 0 fully saturated rings. The van der Waals surface area contributed by atoms with Crippen LogP contribution in [-0.4, -0.2) is 38.7 Å². The number of fused-ring (bicyclic) bond motifs is 4. The molecule has 0 bridgehead atoms. The predicted molar refractivity (Wildman–Crippen MR) is 112 cm³/mol. The van der Waals surface area contributed by atoms with Gasteiger partial charge in [0.05, 0.1) is 27.0 Å². The van der Waals surface area contributed by atoms with Crippen LogP contribution in [0.25, 0.3) is 0 Å². The van der Waals surface area contributed by atoms with E-state index in [4.69, 9.17) is 14.2 Å². The fourth-order valence-electron chi connectivity index (χ4n) is 4.70. The lowest BCUT2D eigenvalue weighted by molar-refractivity contribution is -0.114. The zero-order chi connectivity index (χ0) is 20.5. The first-order valence-corrected chi connectivity index (χ1v) is 10.0. The van der Waals surface area contributed by atoms with Gasteiger partial charge in [-0.05, 0) is 54.2 Å². The number of rotatable bonds is 4. The molecular formula is C23H28N2O4. The maximum absolute atomic E-state index is 11.7. The first-order valence-electron chi connectivity index (χ1n) is 10.0. The summed E-state index contributed by atoms with van der Waals surface area (Å²) in [6.45, 7) is 3.31. The zero-order valence-electron chi connectivity index (χ0n) is 17.5. The Labute approximate surface area is 171 Å². The van der Waals surface area contributed by atoms with Gasteiger partial charge < -0.3 is 19.5 Å². The first kappa shape index (κ1) is 19.6. The summed E-state index contributed by atoms with van der Waals surface area (Å²) in [5.74, 6) is 2.24. The molecule has 1 atom stereocenters. The van der Waals surface area contributed by atoms with E-state index in [1.165, 1.54) is 29.2 Å². The van der Waals surface area contributed by atoms with Crippen molar-refractivity contribution in [2.45, 2.75) is 38.8 Å². The van der Waals surface area contributed by atoms with Gasteiger partial charge in [-0.25, -0.2) is 0 Å². The molecule has 2 aromatic carbocycles. The number of nitrogens with zero attached hydrogens (tertiary/aromatic N) is 1. The van der Waals surface area contributed by atoms with Crippen LogP contribution < -0.4 is 19.5 Å². The van der Waals surface area contributed by atoms with Crippen LogP contribution in [0.15, 0.2) is 24.3 Å². The summed E-state index contributed by atoms with van der Waals surface area (Å²) in [7, 11) is 5.03. The van der Waals surface area contributed by atoms with E-state index in [2.05, 4.69) is 28.4 Å². The molecule has 0 saturated carbocycles. The van der Waals surface area contributed by atoms with E-state index in [9.17, 15) is 4.79 Å². The molecule has 6 heteroatoms. The van der Waals surface area contributed by atoms with E-state index >= 15 is 0 Å². The van der Waals surface area contributed by atoms with Gasteiger partial charge in [-0.1, -0.05) is 6.07 Å². The molecule has 0 saturated heterocycles. The summed E-state index contributed by atoms with van der Waals surface area (Å²) in [6.07, 6.45) is 2.93. The third-order valence-electron chi connectivity index (χ3n) is 6.03. The minimum atomic E-state index is -0.0963. The maximum Gasteiger partial charge on any atom is 0.221 e. The van der Waals surface area contributed by atoms with Crippen LogP contribution in [0.5, 0.6) is 17.2 Å². The fourth-order valence-corrected chi connectivity index (χ4v) is 4.70. The van der Waals surface area contributed by atoms with Gasteiger partial charge >= 0.3 is 0 Å². The van der Waals surface area contributed by atoms with Gasteiger partial charge in [0.2, 0.25) is 5.91 Å². The Morgan fingerprint density at radius 2 is 1.83 bits per heavy atom. The van der Waals surface area contributed by atoms with Crippen molar-refractivity contribution in [3.63, 3.8) is 0 Å². The molecular weight excluding hydrogens is 368 g/mol. The van der Waals surface area contributed by atoms with Crippen molar-refractivity contribution in [3.05, 3.63) is 46.5 Å². The number of aryl methyl sites for hydroxylation is 1. The van der Waals surface area contributed by atoms with Gasteiger partial charge in [0.15, 0.2) is 11.5 Å². The van der Waals surface area contributed by atoms with E-state index in [1.54, 1.807) is 21.3 Å². The molecule has 29 heavy (non-hydrogen) atoms. The lowest BCUT2D eigenvalue weighted by Crippen LogP contribution is -2.34. The third kappa shape index (κ3) is 3.53. The zero-order valence-corrected chi connectivity index (χ0v) is 17.5. The number of methoxy groups -OCH3 is 3. The molecule has 4 rings (SSSR count). The Morgan fingerprint density at radius 3 is 2.52 bits per heavy atom. The van der Waals surface area contributed by atoms with Crippen molar-refractivity contribution in [1.82, 2.24) is 4.90 Å². The topological polar surface area (TPSA) is 60.0 Å².